The van der Waals surface area contributed by atoms with Crippen LogP contribution < -0.4 is 15.5 Å². The number of benzene rings is 2. The molecule has 2 aromatic rings. The topological polar surface area (TPSA) is 44.4 Å². The van der Waals surface area contributed by atoms with Crippen LogP contribution in [0.4, 0.5) is 18.9 Å². The minimum absolute atomic E-state index is 0.0934. The van der Waals surface area contributed by atoms with E-state index in [1.807, 2.05) is 50.2 Å². The van der Waals surface area contributed by atoms with Gasteiger partial charge in [-0.3, -0.25) is 4.79 Å². The summed E-state index contributed by atoms with van der Waals surface area (Å²) in [6.07, 6.45) is -4.36. The summed E-state index contributed by atoms with van der Waals surface area (Å²) < 4.78 is 38.4. The lowest BCUT2D eigenvalue weighted by molar-refractivity contribution is -0.137. The monoisotopic (exact) mass is 405 g/mol. The molecule has 0 spiro atoms. The number of hydrogen-bond donors (Lipinski definition) is 2. The van der Waals surface area contributed by atoms with Crippen LogP contribution in [0.2, 0.25) is 0 Å². The van der Waals surface area contributed by atoms with Crippen molar-refractivity contribution in [3.8, 4) is 0 Å². The van der Waals surface area contributed by atoms with Crippen molar-refractivity contribution in [2.45, 2.75) is 25.1 Å². The van der Waals surface area contributed by atoms with Crippen LogP contribution in [0, 0.1) is 5.92 Å². The Kier molecular flexibility index (Phi) is 6.17. The molecule has 0 aromatic heterocycles. The molecule has 0 aliphatic carbocycles. The third-order valence-electron chi connectivity index (χ3n) is 5.49. The number of alkyl halides is 3. The summed E-state index contributed by atoms with van der Waals surface area (Å²) in [7, 11) is 3.93. The van der Waals surface area contributed by atoms with E-state index in [1.165, 1.54) is 12.1 Å². The van der Waals surface area contributed by atoms with Crippen LogP contribution >= 0.6 is 0 Å². The van der Waals surface area contributed by atoms with Crippen LogP contribution in [0.5, 0.6) is 0 Å². The predicted octanol–water partition coefficient (Wildman–Crippen LogP) is 3.95. The lowest BCUT2D eigenvalue weighted by Gasteiger charge is -2.22. The summed E-state index contributed by atoms with van der Waals surface area (Å²) >= 11 is 0. The third-order valence-corrected chi connectivity index (χ3v) is 5.49. The number of nitrogens with one attached hydrogen (secondary N) is 2. The summed E-state index contributed by atoms with van der Waals surface area (Å²) in [6, 6.07) is 12.9. The molecule has 1 aliphatic heterocycles. The molecule has 0 saturated carbocycles. The lowest BCUT2D eigenvalue weighted by Crippen LogP contribution is -2.36. The van der Waals surface area contributed by atoms with Crippen LogP contribution in [0.3, 0.4) is 0 Å². The minimum Gasteiger partial charge on any atom is -0.378 e. The van der Waals surface area contributed by atoms with Gasteiger partial charge >= 0.3 is 6.18 Å². The molecule has 4 nitrogen and oxygen atoms in total. The van der Waals surface area contributed by atoms with Crippen molar-refractivity contribution >= 4 is 11.6 Å². The third kappa shape index (κ3) is 4.90. The van der Waals surface area contributed by atoms with Gasteiger partial charge in [0, 0.05) is 38.8 Å². The number of hydrogen-bond acceptors (Lipinski definition) is 3. The van der Waals surface area contributed by atoms with E-state index in [1.54, 1.807) is 0 Å². The highest BCUT2D eigenvalue weighted by Crippen LogP contribution is 2.33. The average molecular weight is 405 g/mol. The Bertz CT molecular complexity index is 832. The summed E-state index contributed by atoms with van der Waals surface area (Å²) in [5.41, 5.74) is 2.14. The maximum Gasteiger partial charge on any atom is 0.416 e. The van der Waals surface area contributed by atoms with Crippen molar-refractivity contribution in [3.05, 3.63) is 65.2 Å². The van der Waals surface area contributed by atoms with Gasteiger partial charge in [-0.1, -0.05) is 24.3 Å². The first-order chi connectivity index (χ1) is 13.7. The van der Waals surface area contributed by atoms with Gasteiger partial charge < -0.3 is 15.5 Å². The molecule has 0 radical (unpaired) electrons. The van der Waals surface area contributed by atoms with Gasteiger partial charge in [0.25, 0.3) is 0 Å². The van der Waals surface area contributed by atoms with Crippen molar-refractivity contribution in [3.63, 3.8) is 0 Å². The van der Waals surface area contributed by atoms with Crippen molar-refractivity contribution in [2.24, 2.45) is 5.92 Å². The highest BCUT2D eigenvalue weighted by molar-refractivity contribution is 5.81. The fraction of sp³-hybridized carbons (Fsp3) is 0.409. The van der Waals surface area contributed by atoms with E-state index in [-0.39, 0.29) is 23.8 Å². The second-order valence-corrected chi connectivity index (χ2v) is 7.71. The van der Waals surface area contributed by atoms with Crippen molar-refractivity contribution < 1.29 is 18.0 Å². The highest BCUT2D eigenvalue weighted by atomic mass is 19.4. The van der Waals surface area contributed by atoms with E-state index < -0.39 is 11.7 Å². The van der Waals surface area contributed by atoms with Crippen LogP contribution in [0.1, 0.15) is 35.6 Å². The molecule has 1 aliphatic rings. The Hall–Kier alpha value is -2.54. The average Bonchev–Trinajstić information content (AvgIpc) is 3.17. The van der Waals surface area contributed by atoms with E-state index in [9.17, 15) is 18.0 Å². The van der Waals surface area contributed by atoms with Crippen LogP contribution in [-0.4, -0.2) is 33.1 Å². The van der Waals surface area contributed by atoms with Gasteiger partial charge in [-0.25, -0.2) is 0 Å². The van der Waals surface area contributed by atoms with E-state index in [4.69, 9.17) is 0 Å². The number of anilines is 1. The van der Waals surface area contributed by atoms with Gasteiger partial charge in [-0.2, -0.15) is 13.2 Å². The van der Waals surface area contributed by atoms with E-state index in [2.05, 4.69) is 10.6 Å². The molecule has 2 N–H and O–H groups in total. The molecule has 1 fully saturated rings. The normalized spacial score (nSPS) is 20.3. The molecule has 1 heterocycles. The van der Waals surface area contributed by atoms with Crippen LogP contribution in [0.15, 0.2) is 48.5 Å². The van der Waals surface area contributed by atoms with Crippen LogP contribution in [-0.2, 0) is 11.0 Å². The zero-order chi connectivity index (χ0) is 21.2. The molecule has 1 amide bonds. The Balaban J connectivity index is 1.68. The van der Waals surface area contributed by atoms with Gasteiger partial charge in [0.15, 0.2) is 0 Å². The first-order valence-electron chi connectivity index (χ1n) is 9.62. The maximum absolute atomic E-state index is 12.9. The van der Waals surface area contributed by atoms with Gasteiger partial charge in [0.1, 0.15) is 0 Å². The Morgan fingerprint density at radius 3 is 2.24 bits per heavy atom. The van der Waals surface area contributed by atoms with Gasteiger partial charge in [-0.05, 0) is 42.3 Å². The Morgan fingerprint density at radius 1 is 1.07 bits per heavy atom. The summed E-state index contributed by atoms with van der Waals surface area (Å²) in [4.78, 5) is 14.9. The maximum atomic E-state index is 12.9. The number of nitrogens with zero attached hydrogens (tertiary/aromatic N) is 1. The second kappa shape index (κ2) is 8.45. The van der Waals surface area contributed by atoms with Crippen molar-refractivity contribution in [1.82, 2.24) is 10.6 Å². The largest absolute Gasteiger partial charge is 0.416 e. The molecule has 3 atom stereocenters. The predicted molar refractivity (Wildman–Crippen MR) is 108 cm³/mol. The molecular formula is C22H26F3N3O. The standard InChI is InChI=1S/C22H26F3N3O/c1-14(15-6-10-18(11-7-15)28(2)3)27-21(29)20-13-26-12-19(20)16-4-8-17(9-5-16)22(23,24)25/h4-11,14,19-20,26H,12-13H2,1-3H3,(H,27,29)/t14-,19-,20+/m0/s1. The quantitative estimate of drug-likeness (QED) is 0.792. The number of amides is 1. The first-order valence-corrected chi connectivity index (χ1v) is 9.62. The Morgan fingerprint density at radius 2 is 1.69 bits per heavy atom. The van der Waals surface area contributed by atoms with Gasteiger partial charge in [0.2, 0.25) is 5.91 Å². The molecule has 2 aromatic carbocycles. The van der Waals surface area contributed by atoms with E-state index in [0.29, 0.717) is 13.1 Å². The molecule has 29 heavy (non-hydrogen) atoms. The van der Waals surface area contributed by atoms with Crippen molar-refractivity contribution in [2.75, 3.05) is 32.1 Å². The fourth-order valence-electron chi connectivity index (χ4n) is 3.69. The fourth-order valence-corrected chi connectivity index (χ4v) is 3.69. The van der Waals surface area contributed by atoms with Gasteiger partial charge in [-0.15, -0.1) is 0 Å². The van der Waals surface area contributed by atoms with Gasteiger partial charge in [0.05, 0.1) is 17.5 Å². The summed E-state index contributed by atoms with van der Waals surface area (Å²) in [6.45, 7) is 3.00. The van der Waals surface area contributed by atoms with Crippen molar-refractivity contribution in [1.29, 1.82) is 0 Å². The number of halogens is 3. The first kappa shape index (κ1) is 21.2. The molecule has 7 heteroatoms. The number of carbonyl (C=O) groups is 1. The SMILES string of the molecule is C[C@H](NC(=O)[C@@H]1CNC[C@H]1c1ccc(C(F)(F)F)cc1)c1ccc(N(C)C)cc1. The summed E-state index contributed by atoms with van der Waals surface area (Å²) in [5.74, 6) is -0.570. The Labute approximate surface area is 169 Å². The molecule has 156 valence electrons. The zero-order valence-corrected chi connectivity index (χ0v) is 16.8. The summed E-state index contributed by atoms with van der Waals surface area (Å²) in [5, 5.41) is 6.24. The molecule has 0 bridgehead atoms. The lowest BCUT2D eigenvalue weighted by atomic mass is 9.87. The van der Waals surface area contributed by atoms with E-state index in [0.717, 1.165) is 28.9 Å². The second-order valence-electron chi connectivity index (χ2n) is 7.71. The minimum atomic E-state index is -4.36. The highest BCUT2D eigenvalue weighted by Gasteiger charge is 2.35. The zero-order valence-electron chi connectivity index (χ0n) is 16.8. The van der Waals surface area contributed by atoms with Crippen LogP contribution in [0.25, 0.3) is 0 Å². The smallest absolute Gasteiger partial charge is 0.378 e. The molecule has 3 rings (SSSR count). The molecular weight excluding hydrogens is 379 g/mol. The molecule has 0 unspecified atom stereocenters. The molecule has 1 saturated heterocycles. The van der Waals surface area contributed by atoms with E-state index >= 15 is 0 Å². The number of carbonyl (C=O) groups excluding carboxylic acids is 1. The number of rotatable bonds is 5.